The zero-order chi connectivity index (χ0) is 18.8. The first-order valence-corrected chi connectivity index (χ1v) is 12.8. The summed E-state index contributed by atoms with van der Waals surface area (Å²) in [5, 5.41) is 5.24. The van der Waals surface area contributed by atoms with Gasteiger partial charge in [0.2, 0.25) is 0 Å². The Hall–Kier alpha value is -1.75. The van der Waals surface area contributed by atoms with E-state index in [1.165, 1.54) is 16.1 Å². The molecule has 1 amide bonds. The highest BCUT2D eigenvalue weighted by Crippen LogP contribution is 2.27. The lowest BCUT2D eigenvalue weighted by Crippen LogP contribution is -2.41. The molecule has 0 fully saturated rings. The zero-order valence-electron chi connectivity index (χ0n) is 16.6. The van der Waals surface area contributed by atoms with Crippen molar-refractivity contribution in [3.8, 4) is 5.75 Å². The van der Waals surface area contributed by atoms with Crippen LogP contribution in [0.2, 0.25) is 19.6 Å². The predicted octanol–water partition coefficient (Wildman–Crippen LogP) is 5.04. The van der Waals surface area contributed by atoms with E-state index in [0.717, 1.165) is 12.8 Å². The molecule has 0 aliphatic heterocycles. The molecule has 0 aliphatic carbocycles. The van der Waals surface area contributed by atoms with E-state index >= 15 is 0 Å². The average Bonchev–Trinajstić information content (AvgIpc) is 2.88. The number of ether oxygens (including phenoxy) is 1. The van der Waals surface area contributed by atoms with Gasteiger partial charge in [-0.05, 0) is 50.6 Å². The maximum atomic E-state index is 12.1. The molecular weight excluding hydrogens is 328 g/mol. The van der Waals surface area contributed by atoms with Gasteiger partial charge >= 0.3 is 6.09 Å². The minimum absolute atomic E-state index is 0.0579. The number of carbonyl (C=O) groups excluding carboxylic acids is 1. The van der Waals surface area contributed by atoms with Crippen molar-refractivity contribution in [1.82, 2.24) is 9.88 Å². The van der Waals surface area contributed by atoms with Crippen molar-refractivity contribution in [3.05, 3.63) is 24.4 Å². The number of benzene rings is 1. The van der Waals surface area contributed by atoms with E-state index in [2.05, 4.69) is 61.7 Å². The minimum atomic E-state index is -1.71. The van der Waals surface area contributed by atoms with Crippen LogP contribution in [0.25, 0.3) is 10.9 Å². The summed E-state index contributed by atoms with van der Waals surface area (Å²) in [5.74, 6) is 0.700. The molecule has 2 rings (SSSR count). The maximum absolute atomic E-state index is 12.1. The second-order valence-corrected chi connectivity index (χ2v) is 13.2. The molecule has 1 N–H and O–H groups in total. The quantitative estimate of drug-likeness (QED) is 0.733. The molecule has 1 unspecified atom stereocenters. The number of nitrogens with one attached hydrogen (secondary N) is 1. The fourth-order valence-electron chi connectivity index (χ4n) is 3.38. The predicted molar refractivity (Wildman–Crippen MR) is 109 cm³/mol. The van der Waals surface area contributed by atoms with Crippen molar-refractivity contribution < 1.29 is 9.53 Å². The number of carbonyl (C=O) groups is 1. The van der Waals surface area contributed by atoms with Crippen LogP contribution in [0.1, 0.15) is 46.6 Å². The van der Waals surface area contributed by atoms with E-state index in [9.17, 15) is 4.79 Å². The van der Waals surface area contributed by atoms with E-state index in [-0.39, 0.29) is 12.1 Å². The molecule has 1 heterocycles. The van der Waals surface area contributed by atoms with Gasteiger partial charge in [0.05, 0.1) is 8.07 Å². The first kappa shape index (κ1) is 19.6. The number of nitrogens with zero attached hydrogens (tertiary/aromatic N) is 1. The second-order valence-electron chi connectivity index (χ2n) is 8.17. The van der Waals surface area contributed by atoms with Gasteiger partial charge in [-0.2, -0.15) is 0 Å². The highest BCUT2D eigenvalue weighted by molar-refractivity contribution is 6.91. The highest BCUT2D eigenvalue weighted by Gasteiger charge is 2.26. The molecule has 25 heavy (non-hydrogen) atoms. The van der Waals surface area contributed by atoms with Crippen LogP contribution in [0.3, 0.4) is 0 Å². The van der Waals surface area contributed by atoms with Gasteiger partial charge < -0.3 is 14.6 Å². The number of aromatic nitrogens is 1. The van der Waals surface area contributed by atoms with Crippen LogP contribution >= 0.6 is 0 Å². The van der Waals surface area contributed by atoms with Crippen LogP contribution in [-0.2, 0) is 0 Å². The molecule has 0 aliphatic rings. The Balaban J connectivity index is 2.52. The highest BCUT2D eigenvalue weighted by atomic mass is 28.3. The van der Waals surface area contributed by atoms with Crippen LogP contribution in [0.4, 0.5) is 4.79 Å². The monoisotopic (exact) mass is 360 g/mol. The normalized spacial score (nSPS) is 13.3. The van der Waals surface area contributed by atoms with Crippen molar-refractivity contribution in [2.75, 3.05) is 0 Å². The number of hydrogen-bond donors (Lipinski definition) is 1. The molecule has 0 saturated heterocycles. The Bertz CT molecular complexity index is 744. The van der Waals surface area contributed by atoms with Gasteiger partial charge in [-0.1, -0.05) is 33.0 Å². The summed E-state index contributed by atoms with van der Waals surface area (Å²) in [7, 11) is -1.71. The van der Waals surface area contributed by atoms with Gasteiger partial charge in [0.15, 0.2) is 0 Å². The van der Waals surface area contributed by atoms with Crippen molar-refractivity contribution in [3.63, 3.8) is 0 Å². The summed E-state index contributed by atoms with van der Waals surface area (Å²) >= 11 is 0. The average molecular weight is 361 g/mol. The summed E-state index contributed by atoms with van der Waals surface area (Å²) < 4.78 is 8.03. The molecule has 2 aromatic rings. The van der Waals surface area contributed by atoms with E-state index < -0.39 is 8.07 Å². The van der Waals surface area contributed by atoms with Gasteiger partial charge in [0, 0.05) is 29.2 Å². The van der Waals surface area contributed by atoms with Crippen molar-refractivity contribution in [2.24, 2.45) is 0 Å². The lowest BCUT2D eigenvalue weighted by atomic mass is 10.2. The third-order valence-corrected chi connectivity index (χ3v) is 6.42. The van der Waals surface area contributed by atoms with Crippen LogP contribution in [0.15, 0.2) is 24.4 Å². The summed E-state index contributed by atoms with van der Waals surface area (Å²) in [6.45, 7) is 15.2. The summed E-state index contributed by atoms with van der Waals surface area (Å²) in [6, 6.07) is 6.76. The lowest BCUT2D eigenvalue weighted by Gasteiger charge is -2.23. The minimum Gasteiger partial charge on any atom is -0.410 e. The smallest absolute Gasteiger partial charge is 0.410 e. The molecule has 1 atom stereocenters. The second kappa shape index (κ2) is 7.64. The summed E-state index contributed by atoms with van der Waals surface area (Å²) in [6.07, 6.45) is 4.11. The Kier molecular flexibility index (Phi) is 5.98. The maximum Gasteiger partial charge on any atom is 0.412 e. The van der Waals surface area contributed by atoms with Crippen molar-refractivity contribution in [2.45, 2.75) is 72.3 Å². The van der Waals surface area contributed by atoms with Crippen LogP contribution < -0.4 is 15.2 Å². The van der Waals surface area contributed by atoms with Gasteiger partial charge in [-0.3, -0.25) is 0 Å². The first-order valence-electron chi connectivity index (χ1n) is 9.27. The van der Waals surface area contributed by atoms with Gasteiger partial charge in [-0.15, -0.1) is 0 Å². The SMILES string of the molecule is CCCC(C)n1ccc2c([Si](C)(C)C)c(OC(=O)NC(C)C)ccc21. The van der Waals surface area contributed by atoms with E-state index in [4.69, 9.17) is 4.74 Å². The molecule has 0 bridgehead atoms. The Morgan fingerprint density at radius 1 is 1.20 bits per heavy atom. The van der Waals surface area contributed by atoms with E-state index in [1.54, 1.807) is 0 Å². The Morgan fingerprint density at radius 2 is 1.88 bits per heavy atom. The molecule has 0 spiro atoms. The zero-order valence-corrected chi connectivity index (χ0v) is 17.6. The van der Waals surface area contributed by atoms with E-state index in [1.807, 2.05) is 19.9 Å². The molecular formula is C20H32N2O2Si. The van der Waals surface area contributed by atoms with E-state index in [0.29, 0.717) is 11.8 Å². The lowest BCUT2D eigenvalue weighted by molar-refractivity contribution is 0.198. The Labute approximate surface area is 152 Å². The number of amides is 1. The fraction of sp³-hybridized carbons (Fsp3) is 0.550. The van der Waals surface area contributed by atoms with Crippen LogP contribution in [0, 0.1) is 0 Å². The van der Waals surface area contributed by atoms with Crippen molar-refractivity contribution >= 4 is 30.3 Å². The third-order valence-electron chi connectivity index (χ3n) is 4.40. The fourth-order valence-corrected chi connectivity index (χ4v) is 5.28. The van der Waals surface area contributed by atoms with Crippen LogP contribution in [-0.4, -0.2) is 24.8 Å². The van der Waals surface area contributed by atoms with Gasteiger partial charge in [-0.25, -0.2) is 4.79 Å². The summed E-state index contributed by atoms with van der Waals surface area (Å²) in [5.41, 5.74) is 1.23. The third kappa shape index (κ3) is 4.45. The van der Waals surface area contributed by atoms with Crippen LogP contribution in [0.5, 0.6) is 5.75 Å². The molecule has 0 saturated carbocycles. The molecule has 138 valence electrons. The molecule has 1 aromatic heterocycles. The number of hydrogen-bond acceptors (Lipinski definition) is 2. The largest absolute Gasteiger partial charge is 0.412 e. The molecule has 1 aromatic carbocycles. The van der Waals surface area contributed by atoms with Gasteiger partial charge in [0.1, 0.15) is 5.75 Å². The van der Waals surface area contributed by atoms with Gasteiger partial charge in [0.25, 0.3) is 0 Å². The Morgan fingerprint density at radius 3 is 2.44 bits per heavy atom. The number of fused-ring (bicyclic) bond motifs is 1. The molecule has 0 radical (unpaired) electrons. The summed E-state index contributed by atoms with van der Waals surface area (Å²) in [4.78, 5) is 12.1. The number of rotatable bonds is 6. The first-order chi connectivity index (χ1) is 11.6. The topological polar surface area (TPSA) is 43.3 Å². The standard InChI is InChI=1S/C20H32N2O2Si/c1-8-9-15(4)22-13-12-16-17(22)10-11-18(19(16)25(5,6)7)24-20(23)21-14(2)3/h10-15H,8-9H2,1-7H3,(H,21,23). The molecule has 4 nitrogen and oxygen atoms in total. The molecule has 5 heteroatoms. The van der Waals surface area contributed by atoms with Crippen molar-refractivity contribution in [1.29, 1.82) is 0 Å².